The predicted molar refractivity (Wildman–Crippen MR) is 88.3 cm³/mol. The monoisotopic (exact) mass is 284 g/mol. The summed E-state index contributed by atoms with van der Waals surface area (Å²) in [6.45, 7) is 6.77. The maximum atomic E-state index is 11.6. The molecule has 0 heterocycles. The summed E-state index contributed by atoms with van der Waals surface area (Å²) in [5.41, 5.74) is 1.25. The van der Waals surface area contributed by atoms with E-state index in [0.29, 0.717) is 13.0 Å². The molecule has 2 aromatic carbocycles. The molecule has 0 aromatic heterocycles. The number of fused-ring (bicyclic) bond motifs is 1. The van der Waals surface area contributed by atoms with Crippen molar-refractivity contribution >= 4 is 16.7 Å². The third kappa shape index (κ3) is 4.57. The Hall–Kier alpha value is -1.87. The standard InChI is InChI=1S/C18H24N2O/c1-13(2)20-18(21)10-11-19-14(3)16-9-8-15-6-4-5-7-17(15)12-16/h4-9,12-14,19H,10-11H2,1-3H3,(H,20,21). The van der Waals surface area contributed by atoms with Crippen LogP contribution < -0.4 is 10.6 Å². The number of rotatable bonds is 6. The largest absolute Gasteiger partial charge is 0.354 e. The van der Waals surface area contributed by atoms with E-state index in [9.17, 15) is 4.79 Å². The summed E-state index contributed by atoms with van der Waals surface area (Å²) in [7, 11) is 0. The van der Waals surface area contributed by atoms with Gasteiger partial charge in [-0.05, 0) is 43.2 Å². The summed E-state index contributed by atoms with van der Waals surface area (Å²) < 4.78 is 0. The first-order chi connectivity index (χ1) is 10.1. The number of amides is 1. The van der Waals surface area contributed by atoms with Gasteiger partial charge in [-0.15, -0.1) is 0 Å². The maximum absolute atomic E-state index is 11.6. The van der Waals surface area contributed by atoms with Crippen molar-refractivity contribution in [1.29, 1.82) is 0 Å². The molecule has 0 bridgehead atoms. The van der Waals surface area contributed by atoms with Gasteiger partial charge in [0.1, 0.15) is 0 Å². The van der Waals surface area contributed by atoms with Crippen LogP contribution in [0.4, 0.5) is 0 Å². The lowest BCUT2D eigenvalue weighted by molar-refractivity contribution is -0.121. The number of nitrogens with one attached hydrogen (secondary N) is 2. The number of hydrogen-bond donors (Lipinski definition) is 2. The molecule has 3 nitrogen and oxygen atoms in total. The zero-order chi connectivity index (χ0) is 15.2. The van der Waals surface area contributed by atoms with Gasteiger partial charge in [-0.25, -0.2) is 0 Å². The molecule has 1 atom stereocenters. The van der Waals surface area contributed by atoms with Gasteiger partial charge in [0.2, 0.25) is 5.91 Å². The molecule has 2 rings (SSSR count). The van der Waals surface area contributed by atoms with Crippen molar-refractivity contribution in [2.24, 2.45) is 0 Å². The van der Waals surface area contributed by atoms with Crippen LogP contribution in [0.15, 0.2) is 42.5 Å². The van der Waals surface area contributed by atoms with Crippen LogP contribution in [0, 0.1) is 0 Å². The fraction of sp³-hybridized carbons (Fsp3) is 0.389. The van der Waals surface area contributed by atoms with Gasteiger partial charge < -0.3 is 10.6 Å². The molecule has 112 valence electrons. The van der Waals surface area contributed by atoms with Gasteiger partial charge in [-0.2, -0.15) is 0 Å². The highest BCUT2D eigenvalue weighted by Crippen LogP contribution is 2.20. The van der Waals surface area contributed by atoms with Crippen molar-refractivity contribution in [2.45, 2.75) is 39.3 Å². The molecule has 3 heteroatoms. The molecule has 21 heavy (non-hydrogen) atoms. The maximum Gasteiger partial charge on any atom is 0.221 e. The average Bonchev–Trinajstić information content (AvgIpc) is 2.45. The molecule has 0 fully saturated rings. The van der Waals surface area contributed by atoms with Crippen LogP contribution in [0.1, 0.15) is 38.8 Å². The zero-order valence-corrected chi connectivity index (χ0v) is 13.0. The molecule has 0 radical (unpaired) electrons. The minimum Gasteiger partial charge on any atom is -0.354 e. The van der Waals surface area contributed by atoms with Gasteiger partial charge in [-0.3, -0.25) is 4.79 Å². The second-order valence-corrected chi connectivity index (χ2v) is 5.75. The van der Waals surface area contributed by atoms with Crippen molar-refractivity contribution in [3.05, 3.63) is 48.0 Å². The Balaban J connectivity index is 1.90. The van der Waals surface area contributed by atoms with Gasteiger partial charge in [0.25, 0.3) is 0 Å². The lowest BCUT2D eigenvalue weighted by Crippen LogP contribution is -2.33. The van der Waals surface area contributed by atoms with Crippen molar-refractivity contribution in [1.82, 2.24) is 10.6 Å². The Morgan fingerprint density at radius 1 is 1.05 bits per heavy atom. The highest BCUT2D eigenvalue weighted by molar-refractivity contribution is 5.83. The molecular weight excluding hydrogens is 260 g/mol. The number of hydrogen-bond acceptors (Lipinski definition) is 2. The first-order valence-corrected chi connectivity index (χ1v) is 7.57. The van der Waals surface area contributed by atoms with Gasteiger partial charge >= 0.3 is 0 Å². The number of carbonyl (C=O) groups excluding carboxylic acids is 1. The molecule has 1 unspecified atom stereocenters. The van der Waals surface area contributed by atoms with Gasteiger partial charge in [0.05, 0.1) is 0 Å². The van der Waals surface area contributed by atoms with Gasteiger partial charge in [0.15, 0.2) is 0 Å². The van der Waals surface area contributed by atoms with E-state index < -0.39 is 0 Å². The number of carbonyl (C=O) groups is 1. The third-order valence-corrected chi connectivity index (χ3v) is 3.53. The Kier molecular flexibility index (Phi) is 5.34. The van der Waals surface area contributed by atoms with Crippen molar-refractivity contribution in [3.63, 3.8) is 0 Å². The average molecular weight is 284 g/mol. The van der Waals surface area contributed by atoms with E-state index >= 15 is 0 Å². The quantitative estimate of drug-likeness (QED) is 0.853. The molecule has 2 N–H and O–H groups in total. The van der Waals surface area contributed by atoms with E-state index in [1.165, 1.54) is 16.3 Å². The molecule has 1 amide bonds. The lowest BCUT2D eigenvalue weighted by atomic mass is 10.0. The second-order valence-electron chi connectivity index (χ2n) is 5.75. The smallest absolute Gasteiger partial charge is 0.221 e. The molecule has 0 spiro atoms. The number of benzene rings is 2. The molecule has 0 aliphatic rings. The van der Waals surface area contributed by atoms with Crippen LogP contribution in [0.25, 0.3) is 10.8 Å². The summed E-state index contributed by atoms with van der Waals surface area (Å²) in [4.78, 5) is 11.6. The van der Waals surface area contributed by atoms with E-state index in [2.05, 4.69) is 60.0 Å². The first-order valence-electron chi connectivity index (χ1n) is 7.57. The van der Waals surface area contributed by atoms with Gasteiger partial charge in [0, 0.05) is 25.0 Å². The van der Waals surface area contributed by atoms with Crippen molar-refractivity contribution in [3.8, 4) is 0 Å². The Bertz CT molecular complexity index is 607. The highest BCUT2D eigenvalue weighted by Gasteiger charge is 2.07. The summed E-state index contributed by atoms with van der Waals surface area (Å²) in [6.07, 6.45) is 0.510. The van der Waals surface area contributed by atoms with Crippen molar-refractivity contribution in [2.75, 3.05) is 6.54 Å². The van der Waals surface area contributed by atoms with Gasteiger partial charge in [-0.1, -0.05) is 36.4 Å². The van der Waals surface area contributed by atoms with E-state index in [1.54, 1.807) is 0 Å². The summed E-state index contributed by atoms with van der Waals surface area (Å²) in [5, 5.41) is 8.81. The van der Waals surface area contributed by atoms with E-state index in [4.69, 9.17) is 0 Å². The summed E-state index contributed by atoms with van der Waals surface area (Å²) in [5.74, 6) is 0.100. The normalized spacial score (nSPS) is 12.6. The van der Waals surface area contributed by atoms with E-state index in [-0.39, 0.29) is 18.0 Å². The molecule has 0 saturated carbocycles. The Labute approximate surface area is 126 Å². The minimum absolute atomic E-state index is 0.100. The Morgan fingerprint density at radius 3 is 2.48 bits per heavy atom. The van der Waals surface area contributed by atoms with Crippen LogP contribution >= 0.6 is 0 Å². The fourth-order valence-corrected chi connectivity index (χ4v) is 2.39. The van der Waals surface area contributed by atoms with Crippen molar-refractivity contribution < 1.29 is 4.79 Å². The predicted octanol–water partition coefficient (Wildman–Crippen LogP) is 3.41. The highest BCUT2D eigenvalue weighted by atomic mass is 16.1. The van der Waals surface area contributed by atoms with E-state index in [0.717, 1.165) is 0 Å². The van der Waals surface area contributed by atoms with Crippen LogP contribution in [-0.4, -0.2) is 18.5 Å². The lowest BCUT2D eigenvalue weighted by Gasteiger charge is -2.15. The first kappa shape index (κ1) is 15.5. The third-order valence-electron chi connectivity index (χ3n) is 3.53. The van der Waals surface area contributed by atoms with Crippen LogP contribution in [0.5, 0.6) is 0 Å². The molecule has 0 saturated heterocycles. The SMILES string of the molecule is CC(C)NC(=O)CCNC(C)c1ccc2ccccc2c1. The topological polar surface area (TPSA) is 41.1 Å². The van der Waals surface area contributed by atoms with E-state index in [1.807, 2.05) is 13.8 Å². The fourth-order valence-electron chi connectivity index (χ4n) is 2.39. The summed E-state index contributed by atoms with van der Waals surface area (Å²) in [6, 6.07) is 15.3. The Morgan fingerprint density at radius 2 is 1.76 bits per heavy atom. The molecular formula is C18H24N2O. The van der Waals surface area contributed by atoms with Crippen LogP contribution in [0.3, 0.4) is 0 Å². The summed E-state index contributed by atoms with van der Waals surface area (Å²) >= 11 is 0. The van der Waals surface area contributed by atoms with Crippen LogP contribution in [-0.2, 0) is 4.79 Å². The molecule has 2 aromatic rings. The molecule has 0 aliphatic heterocycles. The second kappa shape index (κ2) is 7.23. The zero-order valence-electron chi connectivity index (χ0n) is 13.0. The minimum atomic E-state index is 0.100. The van der Waals surface area contributed by atoms with Crippen LogP contribution in [0.2, 0.25) is 0 Å². The molecule has 0 aliphatic carbocycles.